The van der Waals surface area contributed by atoms with Crippen molar-refractivity contribution in [2.75, 3.05) is 13.2 Å². The van der Waals surface area contributed by atoms with Gasteiger partial charge in [0.15, 0.2) is 0 Å². The first kappa shape index (κ1) is 25.1. The van der Waals surface area contributed by atoms with E-state index in [1.165, 1.54) is 70.6 Å². The Hall–Kier alpha value is 0.137. The van der Waals surface area contributed by atoms with Crippen LogP contribution in [0.25, 0.3) is 0 Å². The van der Waals surface area contributed by atoms with E-state index in [1.807, 2.05) is 0 Å². The minimum Gasteiger partial charge on any atom is -0.394 e. The van der Waals surface area contributed by atoms with E-state index in [0.29, 0.717) is 5.92 Å². The van der Waals surface area contributed by atoms with Crippen LogP contribution in [0.3, 0.4) is 0 Å². The molecule has 0 unspecified atom stereocenters. The molecule has 0 bridgehead atoms. The van der Waals surface area contributed by atoms with Crippen molar-refractivity contribution in [1.82, 2.24) is 0 Å². The molecular weight excluding hydrogens is 324 g/mol. The van der Waals surface area contributed by atoms with Crippen molar-refractivity contribution in [3.05, 3.63) is 0 Å². The second-order valence-electron chi connectivity index (χ2n) is 8.03. The molecular formula is C22H48O2Si. The highest BCUT2D eigenvalue weighted by molar-refractivity contribution is 6.67. The largest absolute Gasteiger partial charge is 0.394 e. The average Bonchev–Trinajstić information content (AvgIpc) is 2.61. The van der Waals surface area contributed by atoms with Gasteiger partial charge in [0.2, 0.25) is 0 Å². The zero-order valence-corrected chi connectivity index (χ0v) is 19.2. The highest BCUT2D eigenvalue weighted by Crippen LogP contribution is 2.20. The molecule has 0 amide bonds. The van der Waals surface area contributed by atoms with Gasteiger partial charge in [0.25, 0.3) is 0 Å². The fourth-order valence-corrected chi connectivity index (χ4v) is 5.61. The summed E-state index contributed by atoms with van der Waals surface area (Å²) in [6.45, 7) is 13.1. The normalized spacial score (nSPS) is 12.2. The Balaban J connectivity index is 3.59. The van der Waals surface area contributed by atoms with E-state index in [4.69, 9.17) is 8.85 Å². The van der Waals surface area contributed by atoms with Crippen molar-refractivity contribution >= 4 is 8.56 Å². The lowest BCUT2D eigenvalue weighted by Crippen LogP contribution is -2.41. The maximum atomic E-state index is 6.31. The van der Waals surface area contributed by atoms with Gasteiger partial charge in [-0.05, 0) is 30.8 Å². The molecule has 0 atom stereocenters. The van der Waals surface area contributed by atoms with E-state index < -0.39 is 8.56 Å². The van der Waals surface area contributed by atoms with E-state index in [-0.39, 0.29) is 0 Å². The van der Waals surface area contributed by atoms with Crippen LogP contribution in [0.15, 0.2) is 0 Å². The summed E-state index contributed by atoms with van der Waals surface area (Å²) in [5.41, 5.74) is 0. The summed E-state index contributed by atoms with van der Waals surface area (Å²) >= 11 is 0. The van der Waals surface area contributed by atoms with Crippen LogP contribution in [0.1, 0.15) is 112 Å². The highest BCUT2D eigenvalue weighted by Gasteiger charge is 2.33. The molecule has 25 heavy (non-hydrogen) atoms. The molecule has 0 aromatic rings. The Morgan fingerprint density at radius 1 is 0.600 bits per heavy atom. The molecule has 0 rings (SSSR count). The first-order valence-corrected chi connectivity index (χ1v) is 13.6. The zero-order chi connectivity index (χ0) is 18.8. The molecule has 152 valence electrons. The minimum atomic E-state index is -1.91. The first-order valence-electron chi connectivity index (χ1n) is 11.4. The maximum absolute atomic E-state index is 6.31. The summed E-state index contributed by atoms with van der Waals surface area (Å²) in [7, 11) is -1.91. The van der Waals surface area contributed by atoms with Crippen LogP contribution in [-0.4, -0.2) is 21.8 Å². The van der Waals surface area contributed by atoms with Gasteiger partial charge in [-0.25, -0.2) is 0 Å². The third-order valence-corrected chi connectivity index (χ3v) is 8.87. The van der Waals surface area contributed by atoms with E-state index in [9.17, 15) is 0 Å². The van der Waals surface area contributed by atoms with Gasteiger partial charge in [0, 0.05) is 13.2 Å². The quantitative estimate of drug-likeness (QED) is 0.170. The van der Waals surface area contributed by atoms with Crippen LogP contribution in [0.5, 0.6) is 0 Å². The molecule has 0 radical (unpaired) electrons. The summed E-state index contributed by atoms with van der Waals surface area (Å²) in [6.07, 6.45) is 16.4. The van der Waals surface area contributed by atoms with Gasteiger partial charge in [-0.1, -0.05) is 98.8 Å². The van der Waals surface area contributed by atoms with Crippen molar-refractivity contribution in [3.63, 3.8) is 0 Å². The van der Waals surface area contributed by atoms with Crippen LogP contribution in [0.2, 0.25) is 12.1 Å². The topological polar surface area (TPSA) is 18.5 Å². The molecule has 0 aliphatic rings. The maximum Gasteiger partial charge on any atom is 0.337 e. The Morgan fingerprint density at radius 3 is 1.48 bits per heavy atom. The molecule has 0 aliphatic carbocycles. The molecule has 0 fully saturated rings. The smallest absolute Gasteiger partial charge is 0.337 e. The monoisotopic (exact) mass is 372 g/mol. The SMILES string of the molecule is CCCCCCCCCCCCCO[Si](CC)(CC)OCCC(C)C. The summed E-state index contributed by atoms with van der Waals surface area (Å²) in [6, 6.07) is 2.17. The third-order valence-electron chi connectivity index (χ3n) is 5.25. The van der Waals surface area contributed by atoms with Gasteiger partial charge >= 0.3 is 8.56 Å². The van der Waals surface area contributed by atoms with Crippen molar-refractivity contribution in [2.45, 2.75) is 124 Å². The van der Waals surface area contributed by atoms with E-state index in [2.05, 4.69) is 34.6 Å². The first-order chi connectivity index (χ1) is 12.1. The predicted molar refractivity (Wildman–Crippen MR) is 115 cm³/mol. The van der Waals surface area contributed by atoms with Gasteiger partial charge in [0.1, 0.15) is 0 Å². The summed E-state index contributed by atoms with van der Waals surface area (Å²) in [5.74, 6) is 0.715. The second-order valence-corrected chi connectivity index (χ2v) is 11.8. The molecule has 0 aromatic carbocycles. The van der Waals surface area contributed by atoms with Gasteiger partial charge in [-0.3, -0.25) is 0 Å². The van der Waals surface area contributed by atoms with E-state index in [1.54, 1.807) is 0 Å². The van der Waals surface area contributed by atoms with Crippen molar-refractivity contribution < 1.29 is 8.85 Å². The van der Waals surface area contributed by atoms with Crippen LogP contribution in [0, 0.1) is 5.92 Å². The zero-order valence-electron chi connectivity index (χ0n) is 18.2. The molecule has 2 nitrogen and oxygen atoms in total. The summed E-state index contributed by atoms with van der Waals surface area (Å²) in [5, 5.41) is 0. The van der Waals surface area contributed by atoms with Crippen LogP contribution < -0.4 is 0 Å². The van der Waals surface area contributed by atoms with Crippen molar-refractivity contribution in [3.8, 4) is 0 Å². The molecule has 0 spiro atoms. The lowest BCUT2D eigenvalue weighted by Gasteiger charge is -2.29. The average molecular weight is 373 g/mol. The highest BCUT2D eigenvalue weighted by atomic mass is 28.4. The van der Waals surface area contributed by atoms with Crippen LogP contribution >= 0.6 is 0 Å². The number of rotatable bonds is 19. The second kappa shape index (κ2) is 17.5. The number of unbranched alkanes of at least 4 members (excludes halogenated alkanes) is 10. The van der Waals surface area contributed by atoms with Gasteiger partial charge in [-0.2, -0.15) is 0 Å². The third kappa shape index (κ3) is 14.9. The lowest BCUT2D eigenvalue weighted by molar-refractivity contribution is 0.159. The molecule has 0 N–H and O–H groups in total. The standard InChI is InChI=1S/C22H48O2Si/c1-6-9-10-11-12-13-14-15-16-17-18-20-23-25(7-2,8-3)24-21-19-22(4)5/h22H,6-21H2,1-5H3. The Bertz CT molecular complexity index is 265. The fourth-order valence-electron chi connectivity index (χ4n) is 3.20. The molecule has 0 saturated carbocycles. The Morgan fingerprint density at radius 2 is 1.04 bits per heavy atom. The van der Waals surface area contributed by atoms with Gasteiger partial charge in [-0.15, -0.1) is 0 Å². The molecule has 0 saturated heterocycles. The molecule has 3 heteroatoms. The van der Waals surface area contributed by atoms with Crippen molar-refractivity contribution in [2.24, 2.45) is 5.92 Å². The number of hydrogen-bond acceptors (Lipinski definition) is 2. The Labute approximate surface area is 160 Å². The summed E-state index contributed by atoms with van der Waals surface area (Å²) in [4.78, 5) is 0. The molecule has 0 aliphatic heterocycles. The Kier molecular flexibility index (Phi) is 17.6. The number of hydrogen-bond donors (Lipinski definition) is 0. The van der Waals surface area contributed by atoms with Crippen molar-refractivity contribution in [1.29, 1.82) is 0 Å². The van der Waals surface area contributed by atoms with Crippen LogP contribution in [0.4, 0.5) is 0 Å². The predicted octanol–water partition coefficient (Wildman–Crippen LogP) is 7.86. The van der Waals surface area contributed by atoms with E-state index >= 15 is 0 Å². The van der Waals surface area contributed by atoms with Gasteiger partial charge < -0.3 is 8.85 Å². The molecule has 0 heterocycles. The molecule has 0 aromatic heterocycles. The van der Waals surface area contributed by atoms with Gasteiger partial charge in [0.05, 0.1) is 0 Å². The fraction of sp³-hybridized carbons (Fsp3) is 1.00. The van der Waals surface area contributed by atoms with Crippen LogP contribution in [-0.2, 0) is 8.85 Å². The minimum absolute atomic E-state index is 0.715. The lowest BCUT2D eigenvalue weighted by atomic mass is 10.1. The summed E-state index contributed by atoms with van der Waals surface area (Å²) < 4.78 is 12.6. The van der Waals surface area contributed by atoms with E-state index in [0.717, 1.165) is 31.7 Å².